The van der Waals surface area contributed by atoms with Crippen molar-refractivity contribution in [1.29, 1.82) is 0 Å². The largest absolute Gasteiger partial charge is 0.495 e. The molecule has 0 aliphatic carbocycles. The van der Waals surface area contributed by atoms with Crippen molar-refractivity contribution in [2.24, 2.45) is 0 Å². The summed E-state index contributed by atoms with van der Waals surface area (Å²) in [7, 11) is -1.01. The highest BCUT2D eigenvalue weighted by atomic mass is 79.9. The average molecular weight is 373 g/mol. The molecular weight excluding hydrogens is 360 g/mol. The molecule has 112 valence electrons. The van der Waals surface area contributed by atoms with E-state index in [1.165, 1.54) is 26.5 Å². The molecule has 1 N–H and O–H groups in total. The number of hydrogen-bond donors (Lipinski definition) is 1. The Morgan fingerprint density at radius 3 is 2.62 bits per heavy atom. The number of nitrogens with one attached hydrogen (secondary N) is 1. The SMILES string of the molecule is COc1ccc(Br)cc1S(=O)(=O)Nc1cccnc1OC. The van der Waals surface area contributed by atoms with Crippen LogP contribution in [0.5, 0.6) is 11.6 Å². The van der Waals surface area contributed by atoms with Gasteiger partial charge in [0.05, 0.1) is 14.2 Å². The summed E-state index contributed by atoms with van der Waals surface area (Å²) in [5.41, 5.74) is 0.252. The number of rotatable bonds is 5. The molecule has 2 aromatic rings. The van der Waals surface area contributed by atoms with Gasteiger partial charge in [-0.05, 0) is 30.3 Å². The molecule has 8 heteroatoms. The summed E-state index contributed by atoms with van der Waals surface area (Å²) in [5, 5.41) is 0. The fourth-order valence-electron chi connectivity index (χ4n) is 1.69. The number of halogens is 1. The van der Waals surface area contributed by atoms with E-state index in [-0.39, 0.29) is 22.2 Å². The van der Waals surface area contributed by atoms with Gasteiger partial charge in [-0.25, -0.2) is 13.4 Å². The minimum absolute atomic E-state index is 0.0188. The normalized spacial score (nSPS) is 11.0. The zero-order chi connectivity index (χ0) is 15.5. The lowest BCUT2D eigenvalue weighted by Crippen LogP contribution is -2.15. The molecule has 0 saturated heterocycles. The lowest BCUT2D eigenvalue weighted by molar-refractivity contribution is 0.399. The Morgan fingerprint density at radius 2 is 1.95 bits per heavy atom. The van der Waals surface area contributed by atoms with E-state index in [2.05, 4.69) is 25.6 Å². The van der Waals surface area contributed by atoms with Gasteiger partial charge in [0.1, 0.15) is 16.3 Å². The first-order chi connectivity index (χ1) is 9.97. The van der Waals surface area contributed by atoms with Crippen molar-refractivity contribution in [3.63, 3.8) is 0 Å². The Labute approximate surface area is 131 Å². The van der Waals surface area contributed by atoms with Gasteiger partial charge < -0.3 is 9.47 Å². The molecule has 0 unspecified atom stereocenters. The second-order valence-corrected chi connectivity index (χ2v) is 6.53. The zero-order valence-corrected chi connectivity index (χ0v) is 13.7. The van der Waals surface area contributed by atoms with Gasteiger partial charge in [0.2, 0.25) is 5.88 Å². The first-order valence-corrected chi connectivity index (χ1v) is 8.11. The van der Waals surface area contributed by atoms with Crippen LogP contribution in [0.4, 0.5) is 5.69 Å². The van der Waals surface area contributed by atoms with Crippen LogP contribution in [-0.4, -0.2) is 27.6 Å². The van der Waals surface area contributed by atoms with E-state index in [0.717, 1.165) is 0 Å². The molecule has 21 heavy (non-hydrogen) atoms. The summed E-state index contributed by atoms with van der Waals surface area (Å²) in [5.74, 6) is 0.434. The molecule has 1 aromatic heterocycles. The number of pyridine rings is 1. The van der Waals surface area contributed by atoms with E-state index in [9.17, 15) is 8.42 Å². The van der Waals surface area contributed by atoms with Gasteiger partial charge in [0, 0.05) is 10.7 Å². The number of hydrogen-bond acceptors (Lipinski definition) is 5. The van der Waals surface area contributed by atoms with Gasteiger partial charge in [-0.2, -0.15) is 0 Å². The van der Waals surface area contributed by atoms with Crippen molar-refractivity contribution in [1.82, 2.24) is 4.98 Å². The van der Waals surface area contributed by atoms with Gasteiger partial charge >= 0.3 is 0 Å². The van der Waals surface area contributed by atoms with Crippen LogP contribution in [0.3, 0.4) is 0 Å². The monoisotopic (exact) mass is 372 g/mol. The van der Waals surface area contributed by atoms with Crippen LogP contribution in [0.15, 0.2) is 45.9 Å². The smallest absolute Gasteiger partial charge is 0.265 e. The maximum atomic E-state index is 12.5. The average Bonchev–Trinajstić information content (AvgIpc) is 2.47. The van der Waals surface area contributed by atoms with Gasteiger partial charge in [-0.1, -0.05) is 15.9 Å². The first kappa shape index (κ1) is 15.6. The van der Waals surface area contributed by atoms with E-state index in [1.54, 1.807) is 24.3 Å². The van der Waals surface area contributed by atoms with Crippen molar-refractivity contribution in [3.8, 4) is 11.6 Å². The predicted octanol–water partition coefficient (Wildman–Crippen LogP) is 2.66. The van der Waals surface area contributed by atoms with Crippen LogP contribution in [0.25, 0.3) is 0 Å². The van der Waals surface area contributed by atoms with Crippen LogP contribution in [0, 0.1) is 0 Å². The van der Waals surface area contributed by atoms with Gasteiger partial charge in [0.25, 0.3) is 10.0 Å². The fraction of sp³-hybridized carbons (Fsp3) is 0.154. The van der Waals surface area contributed by atoms with Crippen molar-refractivity contribution < 1.29 is 17.9 Å². The Morgan fingerprint density at radius 1 is 1.19 bits per heavy atom. The number of benzene rings is 1. The highest BCUT2D eigenvalue weighted by molar-refractivity contribution is 9.10. The third-order valence-corrected chi connectivity index (χ3v) is 4.50. The molecule has 0 atom stereocenters. The Hall–Kier alpha value is -1.80. The molecule has 1 heterocycles. The first-order valence-electron chi connectivity index (χ1n) is 5.83. The summed E-state index contributed by atoms with van der Waals surface area (Å²) in [6, 6.07) is 7.90. The van der Waals surface area contributed by atoms with E-state index in [0.29, 0.717) is 4.47 Å². The number of nitrogens with zero attached hydrogens (tertiary/aromatic N) is 1. The Balaban J connectivity index is 2.46. The van der Waals surface area contributed by atoms with E-state index < -0.39 is 10.0 Å². The fourth-order valence-corrected chi connectivity index (χ4v) is 3.46. The van der Waals surface area contributed by atoms with Gasteiger partial charge in [-0.3, -0.25) is 4.72 Å². The van der Waals surface area contributed by atoms with Gasteiger partial charge in [0.15, 0.2) is 0 Å². The standard InChI is InChI=1S/C13H13BrN2O4S/c1-19-11-6-5-9(14)8-12(11)21(17,18)16-10-4-3-7-15-13(10)20-2/h3-8,16H,1-2H3. The molecule has 0 aliphatic heterocycles. The van der Waals surface area contributed by atoms with E-state index >= 15 is 0 Å². The van der Waals surface area contributed by atoms with Crippen LogP contribution in [0.2, 0.25) is 0 Å². The van der Waals surface area contributed by atoms with E-state index in [1.807, 2.05) is 0 Å². The molecule has 0 aliphatic rings. The second-order valence-electron chi connectivity index (χ2n) is 3.96. The highest BCUT2D eigenvalue weighted by Crippen LogP contribution is 2.30. The molecule has 2 rings (SSSR count). The molecule has 6 nitrogen and oxygen atoms in total. The quantitative estimate of drug-likeness (QED) is 0.872. The minimum atomic E-state index is -3.84. The third-order valence-electron chi connectivity index (χ3n) is 2.62. The summed E-state index contributed by atoms with van der Waals surface area (Å²) in [4.78, 5) is 3.96. The third kappa shape index (κ3) is 3.45. The van der Waals surface area contributed by atoms with Gasteiger partial charge in [-0.15, -0.1) is 0 Å². The molecular formula is C13H13BrN2O4S. The van der Waals surface area contributed by atoms with Crippen molar-refractivity contribution in [2.75, 3.05) is 18.9 Å². The topological polar surface area (TPSA) is 77.5 Å². The maximum absolute atomic E-state index is 12.5. The molecule has 0 amide bonds. The summed E-state index contributed by atoms with van der Waals surface area (Å²) in [6.45, 7) is 0. The molecule has 0 radical (unpaired) electrons. The van der Waals surface area contributed by atoms with Crippen LogP contribution in [-0.2, 0) is 10.0 Å². The van der Waals surface area contributed by atoms with Crippen molar-refractivity contribution in [3.05, 3.63) is 41.0 Å². The lowest BCUT2D eigenvalue weighted by Gasteiger charge is -2.13. The number of methoxy groups -OCH3 is 2. The maximum Gasteiger partial charge on any atom is 0.265 e. The predicted molar refractivity (Wildman–Crippen MR) is 82.3 cm³/mol. The van der Waals surface area contributed by atoms with Crippen LogP contribution < -0.4 is 14.2 Å². The molecule has 0 saturated carbocycles. The number of aromatic nitrogens is 1. The Bertz CT molecular complexity index is 750. The second kappa shape index (κ2) is 6.31. The van der Waals surface area contributed by atoms with Crippen LogP contribution in [0.1, 0.15) is 0 Å². The summed E-state index contributed by atoms with van der Waals surface area (Å²) >= 11 is 3.25. The summed E-state index contributed by atoms with van der Waals surface area (Å²) in [6.07, 6.45) is 1.51. The van der Waals surface area contributed by atoms with Crippen molar-refractivity contribution >= 4 is 31.6 Å². The molecule has 1 aromatic carbocycles. The number of anilines is 1. The molecule has 0 fully saturated rings. The summed E-state index contributed by atoms with van der Waals surface area (Å²) < 4.78 is 38.2. The van der Waals surface area contributed by atoms with E-state index in [4.69, 9.17) is 9.47 Å². The van der Waals surface area contributed by atoms with Crippen LogP contribution >= 0.6 is 15.9 Å². The number of sulfonamides is 1. The molecule has 0 bridgehead atoms. The Kier molecular flexibility index (Phi) is 4.69. The molecule has 0 spiro atoms. The van der Waals surface area contributed by atoms with Crippen molar-refractivity contribution in [2.45, 2.75) is 4.90 Å². The minimum Gasteiger partial charge on any atom is -0.495 e. The zero-order valence-electron chi connectivity index (χ0n) is 11.3. The number of ether oxygens (including phenoxy) is 2. The lowest BCUT2D eigenvalue weighted by atomic mass is 10.3. The highest BCUT2D eigenvalue weighted by Gasteiger charge is 2.21.